The summed E-state index contributed by atoms with van der Waals surface area (Å²) in [6.45, 7) is 1.38. The van der Waals surface area contributed by atoms with Crippen LogP contribution in [0.2, 0.25) is 5.15 Å². The van der Waals surface area contributed by atoms with Gasteiger partial charge in [0.15, 0.2) is 0 Å². The van der Waals surface area contributed by atoms with Crippen molar-refractivity contribution in [3.63, 3.8) is 0 Å². The third-order valence-corrected chi connectivity index (χ3v) is 3.82. The zero-order valence-corrected chi connectivity index (χ0v) is 12.5. The Hall–Kier alpha value is -2.12. The first-order valence-electron chi connectivity index (χ1n) is 5.80. The Morgan fingerprint density at radius 3 is 2.38 bits per heavy atom. The largest absolute Gasteiger partial charge is 0.379 e. The normalized spacial score (nSPS) is 11.0. The summed E-state index contributed by atoms with van der Waals surface area (Å²) in [5.41, 5.74) is 0.542. The topological polar surface area (TPSA) is 85.4 Å². The molecule has 0 aliphatic heterocycles. The van der Waals surface area contributed by atoms with Crippen molar-refractivity contribution in [1.29, 1.82) is 0 Å². The first-order chi connectivity index (χ1) is 9.87. The molecule has 0 bridgehead atoms. The van der Waals surface area contributed by atoms with Crippen LogP contribution in [0.3, 0.4) is 0 Å². The molecule has 0 radical (unpaired) electrons. The van der Waals surface area contributed by atoms with Gasteiger partial charge in [-0.1, -0.05) is 11.6 Å². The number of hydrogen-bond acceptors (Lipinski definition) is 5. The number of nitrogens with one attached hydrogen (secondary N) is 1. The summed E-state index contributed by atoms with van der Waals surface area (Å²) in [7, 11) is -3.97. The van der Waals surface area contributed by atoms with Crippen LogP contribution in [0.1, 0.15) is 6.92 Å². The summed E-state index contributed by atoms with van der Waals surface area (Å²) in [4.78, 5) is 14.5. The van der Waals surface area contributed by atoms with E-state index in [9.17, 15) is 13.2 Å². The monoisotopic (exact) mass is 326 g/mol. The smallest absolute Gasteiger partial charge is 0.340 e. The molecule has 0 aliphatic rings. The fourth-order valence-corrected chi connectivity index (χ4v) is 2.47. The van der Waals surface area contributed by atoms with Gasteiger partial charge in [0.25, 0.3) is 0 Å². The van der Waals surface area contributed by atoms with Crippen molar-refractivity contribution in [2.24, 2.45) is 0 Å². The first-order valence-corrected chi connectivity index (χ1v) is 7.59. The van der Waals surface area contributed by atoms with Crippen molar-refractivity contribution in [2.75, 3.05) is 5.32 Å². The fraction of sp³-hybridized carbons (Fsp3) is 0.0769. The fourth-order valence-electron chi connectivity index (χ4n) is 1.48. The minimum atomic E-state index is -3.97. The van der Waals surface area contributed by atoms with Crippen molar-refractivity contribution in [2.45, 2.75) is 11.8 Å². The van der Waals surface area contributed by atoms with E-state index in [1.807, 2.05) is 0 Å². The number of anilines is 1. The lowest BCUT2D eigenvalue weighted by Crippen LogP contribution is -2.10. The summed E-state index contributed by atoms with van der Waals surface area (Å²) in [6, 6.07) is 8.60. The van der Waals surface area contributed by atoms with E-state index in [0.717, 1.165) is 6.20 Å². The average molecular weight is 327 g/mol. The van der Waals surface area contributed by atoms with Gasteiger partial charge in [0, 0.05) is 12.6 Å². The number of nitrogens with zero attached hydrogens (tertiary/aromatic N) is 1. The SMILES string of the molecule is CC(=O)Nc1ccc(OS(=O)(=O)c2ccc(Cl)nc2)cc1. The Morgan fingerprint density at radius 1 is 1.19 bits per heavy atom. The molecule has 0 spiro atoms. The van der Waals surface area contributed by atoms with E-state index in [-0.39, 0.29) is 21.7 Å². The van der Waals surface area contributed by atoms with Crippen LogP contribution >= 0.6 is 11.6 Å². The molecule has 1 aromatic carbocycles. The van der Waals surface area contributed by atoms with Crippen LogP contribution in [0.4, 0.5) is 5.69 Å². The lowest BCUT2D eigenvalue weighted by atomic mass is 10.3. The van der Waals surface area contributed by atoms with Crippen molar-refractivity contribution in [3.8, 4) is 5.75 Å². The molecule has 0 aliphatic carbocycles. The zero-order valence-electron chi connectivity index (χ0n) is 10.9. The summed E-state index contributed by atoms with van der Waals surface area (Å²) < 4.78 is 29.0. The highest BCUT2D eigenvalue weighted by Crippen LogP contribution is 2.21. The lowest BCUT2D eigenvalue weighted by molar-refractivity contribution is -0.114. The minimum absolute atomic E-state index is 0.0992. The molecule has 0 saturated carbocycles. The van der Waals surface area contributed by atoms with E-state index in [4.69, 9.17) is 15.8 Å². The molecule has 2 rings (SSSR count). The van der Waals surface area contributed by atoms with Crippen LogP contribution in [0, 0.1) is 0 Å². The average Bonchev–Trinajstić information content (AvgIpc) is 2.40. The number of aromatic nitrogens is 1. The van der Waals surface area contributed by atoms with Gasteiger partial charge in [0.1, 0.15) is 15.8 Å². The number of pyridine rings is 1. The molecule has 1 amide bonds. The maximum Gasteiger partial charge on any atom is 0.340 e. The molecule has 0 atom stereocenters. The quantitative estimate of drug-likeness (QED) is 0.689. The van der Waals surface area contributed by atoms with E-state index in [0.29, 0.717) is 5.69 Å². The second-order valence-electron chi connectivity index (χ2n) is 4.06. The van der Waals surface area contributed by atoms with E-state index in [1.165, 1.54) is 43.3 Å². The Bertz CT molecular complexity index is 743. The molecule has 21 heavy (non-hydrogen) atoms. The third-order valence-electron chi connectivity index (χ3n) is 2.37. The third kappa shape index (κ3) is 4.17. The second kappa shape index (κ2) is 6.11. The highest BCUT2D eigenvalue weighted by Gasteiger charge is 2.17. The summed E-state index contributed by atoms with van der Waals surface area (Å²) in [5, 5.41) is 2.75. The van der Waals surface area contributed by atoms with Crippen LogP contribution in [-0.4, -0.2) is 19.3 Å². The van der Waals surface area contributed by atoms with Crippen LogP contribution in [0.15, 0.2) is 47.5 Å². The Labute approximate surface area is 126 Å². The molecular weight excluding hydrogens is 316 g/mol. The molecule has 1 N–H and O–H groups in total. The minimum Gasteiger partial charge on any atom is -0.379 e. The highest BCUT2D eigenvalue weighted by atomic mass is 35.5. The lowest BCUT2D eigenvalue weighted by Gasteiger charge is -2.08. The summed E-state index contributed by atoms with van der Waals surface area (Å²) in [5.74, 6) is -0.0948. The van der Waals surface area contributed by atoms with Gasteiger partial charge >= 0.3 is 10.1 Å². The molecule has 0 saturated heterocycles. The van der Waals surface area contributed by atoms with Crippen molar-refractivity contribution < 1.29 is 17.4 Å². The van der Waals surface area contributed by atoms with Crippen LogP contribution in [0.25, 0.3) is 0 Å². The van der Waals surface area contributed by atoms with Crippen molar-refractivity contribution >= 4 is 33.3 Å². The van der Waals surface area contributed by atoms with Gasteiger partial charge < -0.3 is 9.50 Å². The van der Waals surface area contributed by atoms with Gasteiger partial charge in [-0.2, -0.15) is 8.42 Å². The molecule has 2 aromatic rings. The first kappa shape index (κ1) is 15.3. The number of carbonyl (C=O) groups excluding carboxylic acids is 1. The van der Waals surface area contributed by atoms with Crippen LogP contribution in [-0.2, 0) is 14.9 Å². The van der Waals surface area contributed by atoms with E-state index in [2.05, 4.69) is 10.3 Å². The Morgan fingerprint density at radius 2 is 1.86 bits per heavy atom. The van der Waals surface area contributed by atoms with Gasteiger partial charge in [-0.25, -0.2) is 4.98 Å². The van der Waals surface area contributed by atoms with Gasteiger partial charge in [-0.15, -0.1) is 0 Å². The molecule has 0 unspecified atom stereocenters. The summed E-state index contributed by atoms with van der Waals surface area (Å²) in [6.07, 6.45) is 1.11. The van der Waals surface area contributed by atoms with Crippen LogP contribution < -0.4 is 9.50 Å². The molecule has 110 valence electrons. The number of benzene rings is 1. The number of amides is 1. The number of carbonyl (C=O) groups is 1. The van der Waals surface area contributed by atoms with Crippen LogP contribution in [0.5, 0.6) is 5.75 Å². The predicted octanol–water partition coefficient (Wildman–Crippen LogP) is 2.46. The molecular formula is C13H11ClN2O4S. The van der Waals surface area contributed by atoms with Crippen molar-refractivity contribution in [1.82, 2.24) is 4.98 Å². The molecule has 0 fully saturated rings. The van der Waals surface area contributed by atoms with Gasteiger partial charge in [-0.05, 0) is 36.4 Å². The molecule has 8 heteroatoms. The second-order valence-corrected chi connectivity index (χ2v) is 5.99. The highest BCUT2D eigenvalue weighted by molar-refractivity contribution is 7.87. The van der Waals surface area contributed by atoms with E-state index in [1.54, 1.807) is 0 Å². The maximum absolute atomic E-state index is 12.0. The van der Waals surface area contributed by atoms with E-state index >= 15 is 0 Å². The predicted molar refractivity (Wildman–Crippen MR) is 77.8 cm³/mol. The zero-order chi connectivity index (χ0) is 15.5. The number of rotatable bonds is 4. The number of hydrogen-bond donors (Lipinski definition) is 1. The maximum atomic E-state index is 12.0. The van der Waals surface area contributed by atoms with Gasteiger partial charge in [0.05, 0.1) is 6.20 Å². The molecule has 1 heterocycles. The number of halogens is 1. The van der Waals surface area contributed by atoms with Crippen molar-refractivity contribution in [3.05, 3.63) is 47.7 Å². The van der Waals surface area contributed by atoms with Gasteiger partial charge in [0.2, 0.25) is 5.91 Å². The Kier molecular flexibility index (Phi) is 4.44. The summed E-state index contributed by atoms with van der Waals surface area (Å²) >= 11 is 5.60. The Balaban J connectivity index is 2.16. The molecule has 6 nitrogen and oxygen atoms in total. The van der Waals surface area contributed by atoms with E-state index < -0.39 is 10.1 Å². The molecule has 1 aromatic heterocycles. The standard InChI is InChI=1S/C13H11ClN2O4S/c1-9(17)16-10-2-4-11(5-3-10)20-21(18,19)12-6-7-13(14)15-8-12/h2-8H,1H3,(H,16,17). The van der Waals surface area contributed by atoms with Gasteiger partial charge in [-0.3, -0.25) is 4.79 Å².